The summed E-state index contributed by atoms with van der Waals surface area (Å²) in [5.74, 6) is 0. The number of piperazine rings is 1. The molecule has 9 nitrogen and oxygen atoms in total. The number of nitrogens with zero attached hydrogens (tertiary/aromatic N) is 5. The lowest BCUT2D eigenvalue weighted by Crippen LogP contribution is -2.46. The van der Waals surface area contributed by atoms with Crippen LogP contribution in [0.15, 0.2) is 53.7 Å². The van der Waals surface area contributed by atoms with Gasteiger partial charge in [-0.2, -0.15) is 0 Å². The highest BCUT2D eigenvalue weighted by Crippen LogP contribution is 2.35. The second-order valence-electron chi connectivity index (χ2n) is 7.11. The molecule has 1 aromatic carbocycles. The molecule has 0 radical (unpaired) electrons. The molecule has 0 bridgehead atoms. The molecule has 4 rings (SSSR count). The largest absolute Gasteiger partial charge is 0.363 e. The van der Waals surface area contributed by atoms with Gasteiger partial charge in [0.05, 0.1) is 10.6 Å². The first-order valence-corrected chi connectivity index (χ1v) is 11.1. The van der Waals surface area contributed by atoms with Crippen molar-refractivity contribution >= 4 is 26.9 Å². The number of hydrogen-bond donors (Lipinski definition) is 0. The van der Waals surface area contributed by atoms with Crippen LogP contribution >= 0.6 is 0 Å². The average Bonchev–Trinajstić information content (AvgIpc) is 3.09. The SMILES string of the molecule is CS(=O)(=O)c1cccc(N2CCN(Cc3cn4ccccc4n3)CC2)c1[N+](=O)[O-]. The Bertz CT molecular complexity index is 1130. The Balaban J connectivity index is 1.50. The summed E-state index contributed by atoms with van der Waals surface area (Å²) in [6, 6.07) is 10.3. The van der Waals surface area contributed by atoms with E-state index in [-0.39, 0.29) is 10.6 Å². The molecule has 1 saturated heterocycles. The number of rotatable bonds is 5. The minimum Gasteiger partial charge on any atom is -0.363 e. The van der Waals surface area contributed by atoms with Crippen LogP contribution in [0, 0.1) is 10.1 Å². The van der Waals surface area contributed by atoms with Crippen molar-refractivity contribution in [1.82, 2.24) is 14.3 Å². The van der Waals surface area contributed by atoms with Gasteiger partial charge in [-0.15, -0.1) is 0 Å². The van der Waals surface area contributed by atoms with Gasteiger partial charge in [-0.05, 0) is 24.3 Å². The zero-order valence-corrected chi connectivity index (χ0v) is 16.7. The molecule has 2 aromatic heterocycles. The van der Waals surface area contributed by atoms with Gasteiger partial charge in [-0.3, -0.25) is 15.0 Å². The molecule has 0 amide bonds. The van der Waals surface area contributed by atoms with Crippen molar-refractivity contribution in [2.75, 3.05) is 37.3 Å². The Labute approximate surface area is 168 Å². The highest BCUT2D eigenvalue weighted by atomic mass is 32.2. The van der Waals surface area contributed by atoms with Gasteiger partial charge in [0.1, 0.15) is 16.2 Å². The molecule has 0 saturated carbocycles. The molecule has 29 heavy (non-hydrogen) atoms. The summed E-state index contributed by atoms with van der Waals surface area (Å²) in [5, 5.41) is 11.6. The van der Waals surface area contributed by atoms with Crippen molar-refractivity contribution < 1.29 is 13.3 Å². The number of nitro benzene ring substituents is 1. The number of pyridine rings is 1. The lowest BCUT2D eigenvalue weighted by molar-refractivity contribution is -0.387. The van der Waals surface area contributed by atoms with Crippen LogP contribution in [0.5, 0.6) is 0 Å². The molecule has 152 valence electrons. The molecule has 0 spiro atoms. The summed E-state index contributed by atoms with van der Waals surface area (Å²) in [6.07, 6.45) is 4.95. The van der Waals surface area contributed by atoms with E-state index in [1.54, 1.807) is 12.1 Å². The lowest BCUT2D eigenvalue weighted by Gasteiger charge is -2.35. The van der Waals surface area contributed by atoms with Gasteiger partial charge in [0.2, 0.25) is 0 Å². The van der Waals surface area contributed by atoms with E-state index in [0.29, 0.717) is 38.4 Å². The fourth-order valence-corrected chi connectivity index (χ4v) is 4.54. The molecule has 0 unspecified atom stereocenters. The molecular formula is C19H21N5O4S. The standard InChI is InChI=1S/C19H21N5O4S/c1-29(27,28)17-6-4-5-16(19(17)24(25)26)22-11-9-21(10-12-22)13-15-14-23-8-3-2-7-18(23)20-15/h2-8,14H,9-13H2,1H3. The first-order valence-electron chi connectivity index (χ1n) is 9.20. The molecule has 1 fully saturated rings. The van der Waals surface area contributed by atoms with Gasteiger partial charge in [0.15, 0.2) is 9.84 Å². The number of hydrogen-bond acceptors (Lipinski definition) is 7. The zero-order valence-electron chi connectivity index (χ0n) is 15.9. The Kier molecular flexibility index (Phi) is 4.97. The van der Waals surface area contributed by atoms with E-state index >= 15 is 0 Å². The number of aromatic nitrogens is 2. The molecule has 0 N–H and O–H groups in total. The van der Waals surface area contributed by atoms with Crippen molar-refractivity contribution in [2.45, 2.75) is 11.4 Å². The number of benzene rings is 1. The topological polar surface area (TPSA) is 101 Å². The van der Waals surface area contributed by atoms with Crippen LogP contribution in [0.3, 0.4) is 0 Å². The average molecular weight is 415 g/mol. The minimum absolute atomic E-state index is 0.243. The summed E-state index contributed by atoms with van der Waals surface area (Å²) in [6.45, 7) is 3.24. The van der Waals surface area contributed by atoms with E-state index in [0.717, 1.165) is 17.6 Å². The highest BCUT2D eigenvalue weighted by Gasteiger charge is 2.30. The smallest absolute Gasteiger partial charge is 0.311 e. The Morgan fingerprint density at radius 1 is 1.10 bits per heavy atom. The maximum absolute atomic E-state index is 12.0. The van der Waals surface area contributed by atoms with Crippen LogP contribution in [0.4, 0.5) is 11.4 Å². The number of imidazole rings is 1. The molecule has 3 heterocycles. The summed E-state index contributed by atoms with van der Waals surface area (Å²) in [7, 11) is -3.69. The van der Waals surface area contributed by atoms with E-state index in [1.807, 2.05) is 39.9 Å². The van der Waals surface area contributed by atoms with Gasteiger partial charge in [0, 0.05) is 51.4 Å². The maximum Gasteiger partial charge on any atom is 0.311 e. The van der Waals surface area contributed by atoms with Crippen LogP contribution < -0.4 is 4.90 Å². The van der Waals surface area contributed by atoms with Crippen molar-refractivity contribution in [3.63, 3.8) is 0 Å². The van der Waals surface area contributed by atoms with Crippen LogP contribution in [0.2, 0.25) is 0 Å². The van der Waals surface area contributed by atoms with Gasteiger partial charge in [0.25, 0.3) is 0 Å². The molecule has 1 aliphatic heterocycles. The normalized spacial score (nSPS) is 15.7. The quantitative estimate of drug-likeness (QED) is 0.464. The summed E-state index contributed by atoms with van der Waals surface area (Å²) in [4.78, 5) is 19.5. The minimum atomic E-state index is -3.69. The first kappa shape index (κ1) is 19.3. The van der Waals surface area contributed by atoms with E-state index < -0.39 is 14.8 Å². The zero-order chi connectivity index (χ0) is 20.6. The van der Waals surface area contributed by atoms with Crippen LogP contribution in [0.1, 0.15) is 5.69 Å². The fraction of sp³-hybridized carbons (Fsp3) is 0.316. The number of para-hydroxylation sites is 1. The lowest BCUT2D eigenvalue weighted by atomic mass is 10.2. The second kappa shape index (κ2) is 7.45. The number of fused-ring (bicyclic) bond motifs is 1. The van der Waals surface area contributed by atoms with Crippen LogP contribution in [0.25, 0.3) is 5.65 Å². The third-order valence-electron chi connectivity index (χ3n) is 5.07. The number of nitro groups is 1. The summed E-state index contributed by atoms with van der Waals surface area (Å²) in [5.41, 5.74) is 1.87. The highest BCUT2D eigenvalue weighted by molar-refractivity contribution is 7.90. The Morgan fingerprint density at radius 3 is 2.52 bits per heavy atom. The Morgan fingerprint density at radius 2 is 1.86 bits per heavy atom. The van der Waals surface area contributed by atoms with Crippen molar-refractivity contribution in [3.8, 4) is 0 Å². The van der Waals surface area contributed by atoms with Gasteiger partial charge in [-0.1, -0.05) is 12.1 Å². The maximum atomic E-state index is 12.0. The van der Waals surface area contributed by atoms with E-state index in [2.05, 4.69) is 9.88 Å². The van der Waals surface area contributed by atoms with Crippen molar-refractivity contribution in [1.29, 1.82) is 0 Å². The molecular weight excluding hydrogens is 394 g/mol. The van der Waals surface area contributed by atoms with Gasteiger partial charge in [-0.25, -0.2) is 13.4 Å². The predicted molar refractivity (Wildman–Crippen MR) is 109 cm³/mol. The third-order valence-corrected chi connectivity index (χ3v) is 6.20. The monoisotopic (exact) mass is 415 g/mol. The van der Waals surface area contributed by atoms with E-state index in [4.69, 9.17) is 0 Å². The molecule has 0 aliphatic carbocycles. The molecule has 1 aliphatic rings. The van der Waals surface area contributed by atoms with Gasteiger partial charge < -0.3 is 9.30 Å². The Hall–Kier alpha value is -2.98. The first-order chi connectivity index (χ1) is 13.8. The van der Waals surface area contributed by atoms with Crippen LogP contribution in [-0.2, 0) is 16.4 Å². The van der Waals surface area contributed by atoms with E-state index in [9.17, 15) is 18.5 Å². The number of anilines is 1. The molecule has 0 atom stereocenters. The molecule has 10 heteroatoms. The predicted octanol–water partition coefficient (Wildman–Crippen LogP) is 1.97. The number of sulfone groups is 1. The van der Waals surface area contributed by atoms with Crippen LogP contribution in [-0.4, -0.2) is 60.1 Å². The third kappa shape index (κ3) is 3.94. The second-order valence-corrected chi connectivity index (χ2v) is 9.10. The van der Waals surface area contributed by atoms with Crippen molar-refractivity contribution in [3.05, 3.63) is 64.6 Å². The summed E-state index contributed by atoms with van der Waals surface area (Å²) < 4.78 is 25.9. The molecule has 3 aromatic rings. The van der Waals surface area contributed by atoms with Gasteiger partial charge >= 0.3 is 5.69 Å². The summed E-state index contributed by atoms with van der Waals surface area (Å²) >= 11 is 0. The van der Waals surface area contributed by atoms with E-state index in [1.165, 1.54) is 6.07 Å². The fourth-order valence-electron chi connectivity index (χ4n) is 3.69. The van der Waals surface area contributed by atoms with Crippen molar-refractivity contribution in [2.24, 2.45) is 0 Å².